The number of methoxy groups -OCH3 is 1. The number of rotatable bonds is 6. The number of benzene rings is 2. The first kappa shape index (κ1) is 29.7. The Morgan fingerprint density at radius 1 is 0.875 bits per heavy atom. The molecular weight excluding hydrogens is 495 g/mol. The normalized spacial score (nSPS) is 29.4. The van der Waals surface area contributed by atoms with Gasteiger partial charge in [-0.2, -0.15) is 0 Å². The van der Waals surface area contributed by atoms with Crippen LogP contribution in [0.4, 0.5) is 0 Å². The summed E-state index contributed by atoms with van der Waals surface area (Å²) in [6.45, 7) is 20.5. The van der Waals surface area contributed by atoms with E-state index in [4.69, 9.17) is 18.8 Å². The highest BCUT2D eigenvalue weighted by Gasteiger charge is 2.52. The molecule has 2 saturated carbocycles. The summed E-state index contributed by atoms with van der Waals surface area (Å²) in [5.41, 5.74) is 5.12. The molecule has 2 atom stereocenters. The van der Waals surface area contributed by atoms with E-state index in [0.29, 0.717) is 0 Å². The average Bonchev–Trinajstić information content (AvgIpc) is 3.07. The molecule has 0 radical (unpaired) electrons. The van der Waals surface area contributed by atoms with Gasteiger partial charge in [0.1, 0.15) is 5.75 Å². The summed E-state index contributed by atoms with van der Waals surface area (Å²) in [4.78, 5) is 0. The molecule has 2 aromatic carbocycles. The maximum Gasteiger partial charge on any atom is 0.495 e. The smallest absolute Gasteiger partial charge is 0.467 e. The van der Waals surface area contributed by atoms with Crippen molar-refractivity contribution in [2.75, 3.05) is 13.9 Å². The molecule has 2 aromatic rings. The highest BCUT2D eigenvalue weighted by atomic mass is 16.7. The average molecular weight is 547 g/mol. The van der Waals surface area contributed by atoms with Gasteiger partial charge in [0.05, 0.1) is 11.2 Å². The molecule has 5 rings (SSSR count). The lowest BCUT2D eigenvalue weighted by Gasteiger charge is -2.48. The molecule has 3 fully saturated rings. The summed E-state index contributed by atoms with van der Waals surface area (Å²) in [5.74, 6) is 3.35. The first-order valence-corrected chi connectivity index (χ1v) is 15.4. The van der Waals surface area contributed by atoms with Crippen LogP contribution in [0, 0.1) is 17.8 Å². The standard InChI is InChI=1S/C35H51BO4/c1-23-15-24-17-25(16-23)21-35(9,20-24)29-19-26(32(2,3)4)18-28(31(29)38-22-37-10)27-13-11-12-14-30(27)36-39-33(5,6)34(7,8)40-36/h11-14,18-19,23-25H,15-17,20-22H2,1-10H3. The van der Waals surface area contributed by atoms with Crippen LogP contribution in [0.25, 0.3) is 11.1 Å². The Labute approximate surface area is 243 Å². The van der Waals surface area contributed by atoms with Crippen LogP contribution in [0.3, 0.4) is 0 Å². The van der Waals surface area contributed by atoms with Crippen LogP contribution in [0.1, 0.15) is 106 Å². The van der Waals surface area contributed by atoms with Crippen molar-refractivity contribution >= 4 is 12.6 Å². The van der Waals surface area contributed by atoms with Gasteiger partial charge in [-0.3, -0.25) is 0 Å². The molecule has 2 bridgehead atoms. The van der Waals surface area contributed by atoms with Crippen LogP contribution in [-0.4, -0.2) is 32.2 Å². The van der Waals surface area contributed by atoms with E-state index in [1.54, 1.807) is 7.11 Å². The van der Waals surface area contributed by atoms with E-state index in [2.05, 4.69) is 98.7 Å². The van der Waals surface area contributed by atoms with Gasteiger partial charge in [0.15, 0.2) is 6.79 Å². The summed E-state index contributed by atoms with van der Waals surface area (Å²) in [6.07, 6.45) is 6.49. The molecule has 0 aromatic heterocycles. The van der Waals surface area contributed by atoms with Crippen molar-refractivity contribution in [2.45, 2.75) is 116 Å². The fourth-order valence-corrected chi connectivity index (χ4v) is 7.71. The van der Waals surface area contributed by atoms with Crippen LogP contribution in [0.5, 0.6) is 5.75 Å². The number of fused-ring (bicyclic) bond motifs is 2. The minimum atomic E-state index is -0.454. The van der Waals surface area contributed by atoms with E-state index >= 15 is 0 Å². The fourth-order valence-electron chi connectivity index (χ4n) is 7.71. The Morgan fingerprint density at radius 3 is 2.05 bits per heavy atom. The molecule has 218 valence electrons. The molecule has 40 heavy (non-hydrogen) atoms. The lowest BCUT2D eigenvalue weighted by atomic mass is 9.57. The third-order valence-corrected chi connectivity index (χ3v) is 10.3. The summed E-state index contributed by atoms with van der Waals surface area (Å²) in [5, 5.41) is 0. The van der Waals surface area contributed by atoms with Crippen molar-refractivity contribution in [3.8, 4) is 16.9 Å². The molecule has 1 aliphatic heterocycles. The lowest BCUT2D eigenvalue weighted by Crippen LogP contribution is -2.41. The lowest BCUT2D eigenvalue weighted by molar-refractivity contribution is 0.00578. The Kier molecular flexibility index (Phi) is 7.77. The first-order valence-electron chi connectivity index (χ1n) is 15.4. The SMILES string of the molecule is COCOc1c(-c2ccccc2B2OC(C)(C)C(C)(C)O2)cc(C(C)(C)C)cc1C1(C)CC2CC(C)CC(C2)C1. The predicted octanol–water partition coefficient (Wildman–Crippen LogP) is 8.04. The monoisotopic (exact) mass is 546 g/mol. The van der Waals surface area contributed by atoms with E-state index < -0.39 is 18.3 Å². The number of hydrogen-bond acceptors (Lipinski definition) is 4. The van der Waals surface area contributed by atoms with E-state index in [1.165, 1.54) is 43.2 Å². The molecule has 2 aliphatic carbocycles. The molecule has 0 spiro atoms. The number of hydrogen-bond donors (Lipinski definition) is 0. The van der Waals surface area contributed by atoms with E-state index in [0.717, 1.165) is 40.1 Å². The molecule has 1 heterocycles. The van der Waals surface area contributed by atoms with Gasteiger partial charge in [-0.25, -0.2) is 0 Å². The summed E-state index contributed by atoms with van der Waals surface area (Å²) < 4.78 is 25.2. The third kappa shape index (κ3) is 5.51. The number of ether oxygens (including phenoxy) is 2. The van der Waals surface area contributed by atoms with Crippen LogP contribution in [0.15, 0.2) is 36.4 Å². The Balaban J connectivity index is 1.70. The third-order valence-electron chi connectivity index (χ3n) is 10.3. The topological polar surface area (TPSA) is 36.9 Å². The van der Waals surface area contributed by atoms with E-state index in [1.807, 2.05) is 0 Å². The van der Waals surface area contributed by atoms with Gasteiger partial charge in [-0.1, -0.05) is 65.0 Å². The van der Waals surface area contributed by atoms with Crippen LogP contribution in [0.2, 0.25) is 0 Å². The van der Waals surface area contributed by atoms with Gasteiger partial charge in [0.25, 0.3) is 0 Å². The molecule has 1 saturated heterocycles. The molecular formula is C35H51BO4. The van der Waals surface area contributed by atoms with Crippen molar-refractivity contribution < 1.29 is 18.8 Å². The van der Waals surface area contributed by atoms with Gasteiger partial charge in [0.2, 0.25) is 0 Å². The Bertz CT molecular complexity index is 1190. The quantitative estimate of drug-likeness (QED) is 0.272. The zero-order valence-electron chi connectivity index (χ0n) is 26.6. The Morgan fingerprint density at radius 2 is 1.48 bits per heavy atom. The van der Waals surface area contributed by atoms with Crippen molar-refractivity contribution in [1.29, 1.82) is 0 Å². The molecule has 2 unspecified atom stereocenters. The molecule has 3 aliphatic rings. The van der Waals surface area contributed by atoms with Gasteiger partial charge in [-0.15, -0.1) is 0 Å². The molecule has 4 nitrogen and oxygen atoms in total. The summed E-state index contributed by atoms with van der Waals surface area (Å²) in [6, 6.07) is 13.3. The fraction of sp³-hybridized carbons (Fsp3) is 0.657. The van der Waals surface area contributed by atoms with Crippen molar-refractivity contribution in [3.63, 3.8) is 0 Å². The van der Waals surface area contributed by atoms with Crippen molar-refractivity contribution in [1.82, 2.24) is 0 Å². The van der Waals surface area contributed by atoms with Crippen molar-refractivity contribution in [2.24, 2.45) is 17.8 Å². The van der Waals surface area contributed by atoms with Crippen LogP contribution >= 0.6 is 0 Å². The van der Waals surface area contributed by atoms with Gasteiger partial charge < -0.3 is 18.8 Å². The summed E-state index contributed by atoms with van der Waals surface area (Å²) in [7, 11) is 1.25. The zero-order chi connectivity index (χ0) is 29.1. The highest BCUT2D eigenvalue weighted by molar-refractivity contribution is 6.64. The van der Waals surface area contributed by atoms with E-state index in [9.17, 15) is 0 Å². The minimum absolute atomic E-state index is 0.0159. The second-order valence-corrected chi connectivity index (χ2v) is 15.4. The predicted molar refractivity (Wildman–Crippen MR) is 165 cm³/mol. The minimum Gasteiger partial charge on any atom is -0.467 e. The molecule has 5 heteroatoms. The second-order valence-electron chi connectivity index (χ2n) is 15.4. The van der Waals surface area contributed by atoms with Crippen LogP contribution < -0.4 is 10.2 Å². The maximum absolute atomic E-state index is 6.60. The Hall–Kier alpha value is -1.82. The molecule has 0 N–H and O–H groups in total. The van der Waals surface area contributed by atoms with Crippen LogP contribution in [-0.2, 0) is 24.9 Å². The second kappa shape index (κ2) is 10.5. The van der Waals surface area contributed by atoms with Gasteiger partial charge in [0, 0.05) is 18.2 Å². The van der Waals surface area contributed by atoms with Gasteiger partial charge >= 0.3 is 7.12 Å². The van der Waals surface area contributed by atoms with E-state index in [-0.39, 0.29) is 17.6 Å². The first-order chi connectivity index (χ1) is 18.6. The largest absolute Gasteiger partial charge is 0.495 e. The van der Waals surface area contributed by atoms with Gasteiger partial charge in [-0.05, 0) is 111 Å². The van der Waals surface area contributed by atoms with Crippen molar-refractivity contribution in [3.05, 3.63) is 47.5 Å². The highest BCUT2D eigenvalue weighted by Crippen LogP contribution is 2.55. The molecule has 0 amide bonds. The zero-order valence-corrected chi connectivity index (χ0v) is 26.6. The maximum atomic E-state index is 6.60. The summed E-state index contributed by atoms with van der Waals surface area (Å²) >= 11 is 0.